The van der Waals surface area contributed by atoms with Crippen LogP contribution in [0.3, 0.4) is 0 Å². The molecule has 1 saturated carbocycles. The topological polar surface area (TPSA) is 105 Å². The second-order valence-electron chi connectivity index (χ2n) is 9.17. The molecular formula is C26H28ClN3O5. The van der Waals surface area contributed by atoms with Crippen LogP contribution in [-0.4, -0.2) is 40.8 Å². The van der Waals surface area contributed by atoms with E-state index in [2.05, 4.69) is 10.6 Å². The van der Waals surface area contributed by atoms with E-state index >= 15 is 0 Å². The van der Waals surface area contributed by atoms with Gasteiger partial charge in [-0.1, -0.05) is 67.8 Å². The number of imide groups is 1. The molecule has 3 atom stereocenters. The lowest BCUT2D eigenvalue weighted by molar-refractivity contribution is -0.157. The van der Waals surface area contributed by atoms with Gasteiger partial charge in [0.25, 0.3) is 11.8 Å². The minimum absolute atomic E-state index is 0.0297. The number of hydrogen-bond acceptors (Lipinski definition) is 5. The lowest BCUT2D eigenvalue weighted by Crippen LogP contribution is -2.54. The highest BCUT2D eigenvalue weighted by molar-refractivity contribution is 6.31. The summed E-state index contributed by atoms with van der Waals surface area (Å²) < 4.78 is 5.53. The van der Waals surface area contributed by atoms with Crippen molar-refractivity contribution in [2.45, 2.75) is 51.2 Å². The van der Waals surface area contributed by atoms with Crippen LogP contribution in [0.2, 0.25) is 5.02 Å². The maximum Gasteiger partial charge on any atom is 0.327 e. The number of aryl methyl sites for hydroxylation is 1. The van der Waals surface area contributed by atoms with Gasteiger partial charge in [-0.25, -0.2) is 4.79 Å². The molecule has 9 heteroatoms. The molecule has 1 aliphatic carbocycles. The Bertz CT molecular complexity index is 1150. The lowest BCUT2D eigenvalue weighted by Gasteiger charge is -2.36. The number of carbonyl (C=O) groups excluding carboxylic acids is 4. The van der Waals surface area contributed by atoms with Crippen molar-refractivity contribution in [2.24, 2.45) is 5.92 Å². The van der Waals surface area contributed by atoms with Crippen LogP contribution in [0.1, 0.15) is 49.8 Å². The van der Waals surface area contributed by atoms with Crippen molar-refractivity contribution >= 4 is 41.1 Å². The van der Waals surface area contributed by atoms with Crippen molar-refractivity contribution in [3.05, 3.63) is 64.7 Å². The molecule has 1 aliphatic heterocycles. The van der Waals surface area contributed by atoms with E-state index in [1.165, 1.54) is 0 Å². The molecule has 4 rings (SSSR count). The molecule has 35 heavy (non-hydrogen) atoms. The first kappa shape index (κ1) is 24.7. The van der Waals surface area contributed by atoms with Crippen molar-refractivity contribution in [2.75, 3.05) is 11.9 Å². The number of urea groups is 1. The largest absolute Gasteiger partial charge is 0.446 e. The number of hydrogen-bond donors (Lipinski definition) is 2. The van der Waals surface area contributed by atoms with Gasteiger partial charge < -0.3 is 15.4 Å². The Morgan fingerprint density at radius 1 is 1.20 bits per heavy atom. The summed E-state index contributed by atoms with van der Waals surface area (Å²) in [4.78, 5) is 52.7. The summed E-state index contributed by atoms with van der Waals surface area (Å²) in [7, 11) is 0. The Morgan fingerprint density at radius 2 is 1.94 bits per heavy atom. The minimum Gasteiger partial charge on any atom is -0.446 e. The summed E-state index contributed by atoms with van der Waals surface area (Å²) in [6.45, 7) is 3.20. The van der Waals surface area contributed by atoms with Crippen LogP contribution in [0.25, 0.3) is 0 Å². The van der Waals surface area contributed by atoms with Gasteiger partial charge in [-0.2, -0.15) is 0 Å². The van der Waals surface area contributed by atoms with E-state index in [0.29, 0.717) is 22.7 Å². The zero-order chi connectivity index (χ0) is 25.2. The van der Waals surface area contributed by atoms with Gasteiger partial charge in [-0.05, 0) is 43.4 Å². The van der Waals surface area contributed by atoms with Crippen molar-refractivity contribution < 1.29 is 23.9 Å². The van der Waals surface area contributed by atoms with Crippen LogP contribution in [0, 0.1) is 12.8 Å². The van der Waals surface area contributed by atoms with Crippen LogP contribution < -0.4 is 10.6 Å². The Morgan fingerprint density at radius 3 is 2.63 bits per heavy atom. The first-order valence-electron chi connectivity index (χ1n) is 11.7. The minimum atomic E-state index is -1.29. The molecule has 0 aromatic heterocycles. The van der Waals surface area contributed by atoms with E-state index in [1.54, 1.807) is 48.5 Å². The molecule has 2 aliphatic rings. The number of carbonyl (C=O) groups is 4. The number of halogens is 1. The molecule has 1 spiro atoms. The van der Waals surface area contributed by atoms with E-state index in [4.69, 9.17) is 16.3 Å². The molecule has 2 N–H and O–H groups in total. The zero-order valence-electron chi connectivity index (χ0n) is 19.7. The molecule has 2 aromatic rings. The fourth-order valence-electron chi connectivity index (χ4n) is 4.72. The zero-order valence-corrected chi connectivity index (χ0v) is 20.4. The van der Waals surface area contributed by atoms with Crippen molar-refractivity contribution in [3.8, 4) is 0 Å². The third kappa shape index (κ3) is 5.03. The third-order valence-corrected chi connectivity index (χ3v) is 7.22. The predicted molar refractivity (Wildman–Crippen MR) is 131 cm³/mol. The normalized spacial score (nSPS) is 22.6. The van der Waals surface area contributed by atoms with Crippen molar-refractivity contribution in [3.63, 3.8) is 0 Å². The summed E-state index contributed by atoms with van der Waals surface area (Å²) in [6.07, 6.45) is 1.90. The molecule has 3 unspecified atom stereocenters. The molecule has 1 heterocycles. The highest BCUT2D eigenvalue weighted by Crippen LogP contribution is 2.38. The summed E-state index contributed by atoms with van der Waals surface area (Å²) in [5.41, 5.74) is 0.779. The summed E-state index contributed by atoms with van der Waals surface area (Å²) in [6, 6.07) is 13.0. The smallest absolute Gasteiger partial charge is 0.327 e. The van der Waals surface area contributed by atoms with Gasteiger partial charge in [0.2, 0.25) is 6.10 Å². The second kappa shape index (κ2) is 10.1. The first-order chi connectivity index (χ1) is 16.7. The van der Waals surface area contributed by atoms with Gasteiger partial charge in [0.05, 0.1) is 0 Å². The molecule has 184 valence electrons. The Balaban J connectivity index is 1.50. The fourth-order valence-corrected chi connectivity index (χ4v) is 4.90. The molecule has 2 fully saturated rings. The maximum atomic E-state index is 13.2. The molecule has 2 aromatic carbocycles. The number of amides is 4. The third-order valence-electron chi connectivity index (χ3n) is 6.82. The van der Waals surface area contributed by atoms with Gasteiger partial charge in [0.15, 0.2) is 0 Å². The Kier molecular flexibility index (Phi) is 7.12. The SMILES string of the molecule is Cc1ccc(NC(=O)C(OC(=O)CN2C(=O)NC3(CCCCC3C)C2=O)c2ccccc2)cc1Cl. The number of nitrogens with one attached hydrogen (secondary N) is 2. The first-order valence-corrected chi connectivity index (χ1v) is 12.0. The molecular weight excluding hydrogens is 470 g/mol. The van der Waals surface area contributed by atoms with Gasteiger partial charge in [0, 0.05) is 16.3 Å². The number of esters is 1. The monoisotopic (exact) mass is 497 g/mol. The Hall–Kier alpha value is -3.39. The standard InChI is InChI=1S/C26H28ClN3O5/c1-16-11-12-19(14-20(16)27)28-23(32)22(18-9-4-3-5-10-18)35-21(31)15-30-24(33)26(29-25(30)34)13-7-6-8-17(26)2/h3-5,9-12,14,17,22H,6-8,13,15H2,1-2H3,(H,28,32)(H,29,34). The molecule has 0 bridgehead atoms. The van der Waals surface area contributed by atoms with E-state index < -0.39 is 42.0 Å². The van der Waals surface area contributed by atoms with Crippen LogP contribution in [0.5, 0.6) is 0 Å². The van der Waals surface area contributed by atoms with Gasteiger partial charge >= 0.3 is 12.0 Å². The van der Waals surface area contributed by atoms with Crippen LogP contribution in [-0.2, 0) is 19.1 Å². The quantitative estimate of drug-likeness (QED) is 0.455. The average molecular weight is 498 g/mol. The number of benzene rings is 2. The van der Waals surface area contributed by atoms with Crippen molar-refractivity contribution in [1.29, 1.82) is 0 Å². The highest BCUT2D eigenvalue weighted by Gasteiger charge is 2.55. The van der Waals surface area contributed by atoms with Gasteiger partial charge in [-0.3, -0.25) is 19.3 Å². The average Bonchev–Trinajstić information content (AvgIpc) is 3.07. The Labute approximate surface area is 209 Å². The molecule has 8 nitrogen and oxygen atoms in total. The van der Waals surface area contributed by atoms with Crippen molar-refractivity contribution in [1.82, 2.24) is 10.2 Å². The number of nitrogens with zero attached hydrogens (tertiary/aromatic N) is 1. The summed E-state index contributed by atoms with van der Waals surface area (Å²) in [5.74, 6) is -1.89. The van der Waals surface area contributed by atoms with E-state index in [-0.39, 0.29) is 5.92 Å². The fraction of sp³-hybridized carbons (Fsp3) is 0.385. The summed E-state index contributed by atoms with van der Waals surface area (Å²) >= 11 is 6.16. The summed E-state index contributed by atoms with van der Waals surface area (Å²) in [5, 5.41) is 6.02. The van der Waals surface area contributed by atoms with Gasteiger partial charge in [-0.15, -0.1) is 0 Å². The molecule has 0 radical (unpaired) electrons. The lowest BCUT2D eigenvalue weighted by atomic mass is 9.73. The molecule has 4 amide bonds. The van der Waals surface area contributed by atoms with Gasteiger partial charge in [0.1, 0.15) is 12.1 Å². The molecule has 1 saturated heterocycles. The second-order valence-corrected chi connectivity index (χ2v) is 9.58. The highest BCUT2D eigenvalue weighted by atomic mass is 35.5. The number of anilines is 1. The number of ether oxygens (including phenoxy) is 1. The van der Waals surface area contributed by atoms with E-state index in [0.717, 1.165) is 29.7 Å². The van der Waals surface area contributed by atoms with Crippen LogP contribution in [0.15, 0.2) is 48.5 Å². The van der Waals surface area contributed by atoms with E-state index in [9.17, 15) is 19.2 Å². The predicted octanol–water partition coefficient (Wildman–Crippen LogP) is 4.37. The van der Waals surface area contributed by atoms with Crippen LogP contribution in [0.4, 0.5) is 10.5 Å². The maximum absolute atomic E-state index is 13.2. The van der Waals surface area contributed by atoms with Crippen LogP contribution >= 0.6 is 11.6 Å². The van der Waals surface area contributed by atoms with E-state index in [1.807, 2.05) is 13.8 Å². The number of rotatable bonds is 6.